The number of nitriles is 2. The Morgan fingerprint density at radius 1 is 1.02 bits per heavy atom. The maximum absolute atomic E-state index is 13.3. The Hall–Kier alpha value is -4.22. The minimum atomic E-state index is -0.551. The Morgan fingerprint density at radius 3 is 2.34 bits per heavy atom. The summed E-state index contributed by atoms with van der Waals surface area (Å²) in [4.78, 5) is 8.95. The summed E-state index contributed by atoms with van der Waals surface area (Å²) in [6.45, 7) is 6.18. The van der Waals surface area contributed by atoms with Gasteiger partial charge in [0.15, 0.2) is 5.79 Å². The van der Waals surface area contributed by atoms with Gasteiger partial charge in [-0.1, -0.05) is 36.0 Å². The average molecular weight is 570 g/mol. The molecule has 0 spiro atoms. The van der Waals surface area contributed by atoms with Crippen LogP contribution in [0.5, 0.6) is 0 Å². The van der Waals surface area contributed by atoms with Crippen LogP contribution in [0.1, 0.15) is 48.4 Å². The van der Waals surface area contributed by atoms with E-state index in [1.165, 1.54) is 23.9 Å². The monoisotopic (exact) mass is 569 g/mol. The molecule has 8 nitrogen and oxygen atoms in total. The number of aryl methyl sites for hydroxylation is 2. The van der Waals surface area contributed by atoms with E-state index in [1.54, 1.807) is 19.1 Å². The molecule has 0 amide bonds. The largest absolute Gasteiger partial charge is 0.441 e. The molecule has 1 aliphatic heterocycles. The second-order valence-corrected chi connectivity index (χ2v) is 11.1. The van der Waals surface area contributed by atoms with Gasteiger partial charge in [-0.05, 0) is 69.0 Å². The number of nitrogen functional groups attached to an aromatic ring is 1. The van der Waals surface area contributed by atoms with Crippen LogP contribution in [-0.4, -0.2) is 28.5 Å². The van der Waals surface area contributed by atoms with Crippen LogP contribution in [0.4, 0.5) is 10.2 Å². The van der Waals surface area contributed by atoms with Crippen LogP contribution in [0, 0.1) is 35.4 Å². The van der Waals surface area contributed by atoms with Crippen molar-refractivity contribution in [1.82, 2.24) is 9.97 Å². The van der Waals surface area contributed by atoms with E-state index in [4.69, 9.17) is 19.6 Å². The van der Waals surface area contributed by atoms with Crippen LogP contribution >= 0.6 is 11.8 Å². The highest BCUT2D eigenvalue weighted by Crippen LogP contribution is 2.37. The SMILES string of the molecule is Cc1oc(-c2ccc(F)cc2)nc1CSc1nc(N)c(C#N)c(-c2ccc(CC[C@@H]3COC(C)(C)O3)cc2)c1C#N. The van der Waals surface area contributed by atoms with Crippen molar-refractivity contribution in [3.8, 4) is 34.7 Å². The molecule has 0 unspecified atom stereocenters. The van der Waals surface area contributed by atoms with Crippen LogP contribution in [0.25, 0.3) is 22.6 Å². The van der Waals surface area contributed by atoms with Gasteiger partial charge >= 0.3 is 0 Å². The average Bonchev–Trinajstić information content (AvgIpc) is 3.51. The lowest BCUT2D eigenvalue weighted by Gasteiger charge is -2.17. The number of nitrogens with two attached hydrogens (primary N) is 1. The Bertz CT molecular complexity index is 1650. The summed E-state index contributed by atoms with van der Waals surface area (Å²) in [6, 6.07) is 18.0. The number of rotatable bonds is 8. The van der Waals surface area contributed by atoms with Crippen LogP contribution in [0.15, 0.2) is 58.0 Å². The number of thioether (sulfide) groups is 1. The van der Waals surface area contributed by atoms with Crippen molar-refractivity contribution in [2.75, 3.05) is 12.3 Å². The molecule has 4 aromatic rings. The lowest BCUT2D eigenvalue weighted by atomic mass is 9.95. The summed E-state index contributed by atoms with van der Waals surface area (Å²) in [5, 5.41) is 20.4. The minimum absolute atomic E-state index is 0.0414. The Morgan fingerprint density at radius 2 is 1.71 bits per heavy atom. The first kappa shape index (κ1) is 28.3. The van der Waals surface area contributed by atoms with Crippen LogP contribution in [-0.2, 0) is 21.6 Å². The fraction of sp³-hybridized carbons (Fsp3) is 0.290. The molecule has 2 N–H and O–H groups in total. The van der Waals surface area contributed by atoms with E-state index < -0.39 is 5.79 Å². The molecule has 5 rings (SSSR count). The Labute approximate surface area is 241 Å². The molecule has 1 saturated heterocycles. The summed E-state index contributed by atoms with van der Waals surface area (Å²) in [5.74, 6) is 0.492. The summed E-state index contributed by atoms with van der Waals surface area (Å²) < 4.78 is 30.7. The third-order valence-electron chi connectivity index (χ3n) is 6.81. The molecular weight excluding hydrogens is 541 g/mol. The number of hydrogen-bond donors (Lipinski definition) is 1. The minimum Gasteiger partial charge on any atom is -0.441 e. The normalized spacial score (nSPS) is 15.9. The summed E-state index contributed by atoms with van der Waals surface area (Å²) >= 11 is 1.29. The van der Waals surface area contributed by atoms with Gasteiger partial charge < -0.3 is 19.6 Å². The van der Waals surface area contributed by atoms with E-state index in [2.05, 4.69) is 22.1 Å². The molecule has 0 saturated carbocycles. The van der Waals surface area contributed by atoms with E-state index in [1.807, 2.05) is 38.1 Å². The molecule has 0 radical (unpaired) electrons. The zero-order valence-electron chi connectivity index (χ0n) is 22.9. The fourth-order valence-electron chi connectivity index (χ4n) is 4.68. The van der Waals surface area contributed by atoms with E-state index in [0.717, 1.165) is 18.4 Å². The van der Waals surface area contributed by atoms with Crippen molar-refractivity contribution in [2.24, 2.45) is 0 Å². The molecule has 208 valence electrons. The molecule has 1 atom stereocenters. The van der Waals surface area contributed by atoms with Gasteiger partial charge in [0.05, 0.1) is 24.0 Å². The maximum atomic E-state index is 13.3. The van der Waals surface area contributed by atoms with Crippen LogP contribution < -0.4 is 5.73 Å². The first-order chi connectivity index (χ1) is 19.7. The molecule has 10 heteroatoms. The van der Waals surface area contributed by atoms with E-state index in [0.29, 0.717) is 51.4 Å². The number of benzene rings is 2. The van der Waals surface area contributed by atoms with Crippen molar-refractivity contribution in [1.29, 1.82) is 10.5 Å². The molecule has 1 fully saturated rings. The molecule has 2 aromatic carbocycles. The highest BCUT2D eigenvalue weighted by Gasteiger charge is 2.32. The third-order valence-corrected chi connectivity index (χ3v) is 7.80. The van der Waals surface area contributed by atoms with Gasteiger partial charge in [-0.25, -0.2) is 14.4 Å². The zero-order chi connectivity index (χ0) is 29.1. The summed E-state index contributed by atoms with van der Waals surface area (Å²) in [6.07, 6.45) is 1.67. The quantitative estimate of drug-likeness (QED) is 0.235. The molecule has 0 bridgehead atoms. The Balaban J connectivity index is 1.37. The van der Waals surface area contributed by atoms with Crippen molar-refractivity contribution < 1.29 is 18.3 Å². The lowest BCUT2D eigenvalue weighted by Crippen LogP contribution is -2.21. The van der Waals surface area contributed by atoms with Crippen molar-refractivity contribution in [2.45, 2.75) is 56.3 Å². The smallest absolute Gasteiger partial charge is 0.226 e. The molecule has 41 heavy (non-hydrogen) atoms. The second-order valence-electron chi connectivity index (χ2n) is 10.2. The van der Waals surface area contributed by atoms with Gasteiger partial charge in [0.1, 0.15) is 40.1 Å². The maximum Gasteiger partial charge on any atom is 0.226 e. The van der Waals surface area contributed by atoms with Gasteiger partial charge in [0, 0.05) is 16.9 Å². The molecule has 2 aromatic heterocycles. The van der Waals surface area contributed by atoms with Gasteiger partial charge in [-0.2, -0.15) is 10.5 Å². The predicted octanol–water partition coefficient (Wildman–Crippen LogP) is 6.55. The van der Waals surface area contributed by atoms with E-state index in [-0.39, 0.29) is 28.9 Å². The van der Waals surface area contributed by atoms with Gasteiger partial charge in [-0.3, -0.25) is 0 Å². The van der Waals surface area contributed by atoms with E-state index >= 15 is 0 Å². The summed E-state index contributed by atoms with van der Waals surface area (Å²) in [7, 11) is 0. The van der Waals surface area contributed by atoms with Gasteiger partial charge in [0.25, 0.3) is 0 Å². The zero-order valence-corrected chi connectivity index (χ0v) is 23.7. The van der Waals surface area contributed by atoms with Crippen LogP contribution in [0.3, 0.4) is 0 Å². The van der Waals surface area contributed by atoms with Crippen molar-refractivity contribution >= 4 is 17.6 Å². The number of nitrogens with zero attached hydrogens (tertiary/aromatic N) is 4. The van der Waals surface area contributed by atoms with E-state index in [9.17, 15) is 14.9 Å². The first-order valence-corrected chi connectivity index (χ1v) is 14.1. The molecule has 0 aliphatic carbocycles. The lowest BCUT2D eigenvalue weighted by molar-refractivity contribution is -0.138. The molecule has 3 heterocycles. The number of anilines is 1. The standard InChI is InChI=1S/C31H28FN5O3S/c1-18-26(36-29(39-18)21-9-11-22(32)12-10-21)17-41-30-25(15-34)27(24(14-33)28(35)37-30)20-7-4-19(5-8-20)6-13-23-16-38-31(2,3)40-23/h4-5,7-12,23H,6,13,16-17H2,1-3H3,(H2,35,37)/t23-/m1/s1. The topological polar surface area (TPSA) is 131 Å². The third kappa shape index (κ3) is 6.26. The second kappa shape index (κ2) is 11.7. The van der Waals surface area contributed by atoms with Crippen molar-refractivity contribution in [3.63, 3.8) is 0 Å². The highest BCUT2D eigenvalue weighted by atomic mass is 32.2. The number of oxazole rings is 1. The first-order valence-electron chi connectivity index (χ1n) is 13.1. The number of pyridine rings is 1. The highest BCUT2D eigenvalue weighted by molar-refractivity contribution is 7.98. The number of hydrogen-bond acceptors (Lipinski definition) is 9. The predicted molar refractivity (Wildman–Crippen MR) is 153 cm³/mol. The molecular formula is C31H28FN5O3S. The van der Waals surface area contributed by atoms with Gasteiger partial charge in [0.2, 0.25) is 5.89 Å². The summed E-state index contributed by atoms with van der Waals surface area (Å²) in [5.41, 5.74) is 10.2. The van der Waals surface area contributed by atoms with Gasteiger partial charge in [-0.15, -0.1) is 0 Å². The number of ether oxygens (including phenoxy) is 2. The number of aromatic nitrogens is 2. The number of halogens is 1. The van der Waals surface area contributed by atoms with Crippen LogP contribution in [0.2, 0.25) is 0 Å². The fourth-order valence-corrected chi connectivity index (χ4v) is 5.67. The van der Waals surface area contributed by atoms with Crippen molar-refractivity contribution in [3.05, 3.63) is 82.5 Å². The Kier molecular flexibility index (Phi) is 8.09. The molecule has 1 aliphatic rings.